The second-order valence-corrected chi connectivity index (χ2v) is 5.86. The second kappa shape index (κ2) is 8.15. The summed E-state index contributed by atoms with van der Waals surface area (Å²) in [5.74, 6) is 0.854. The van der Waals surface area contributed by atoms with E-state index in [1.165, 1.54) is 5.56 Å². The Balaban J connectivity index is 1.66. The van der Waals surface area contributed by atoms with Gasteiger partial charge in [-0.2, -0.15) is 0 Å². The van der Waals surface area contributed by atoms with Crippen LogP contribution in [0.25, 0.3) is 0 Å². The number of nitrogens with one attached hydrogen (secondary N) is 1. The number of morpholine rings is 1. The quantitative estimate of drug-likeness (QED) is 0.866. The first-order valence-electron chi connectivity index (χ1n) is 7.82. The first-order chi connectivity index (χ1) is 10.6. The largest absolute Gasteiger partial charge is 0.493 e. The van der Waals surface area contributed by atoms with Gasteiger partial charge >= 0.3 is 0 Å². The SMILES string of the molecule is Cc1cccc(OCCC(=O)NC[C@@H]2CN(C)CCO2)c1C. The van der Waals surface area contributed by atoms with Crippen LogP contribution in [0.2, 0.25) is 0 Å². The molecule has 0 aromatic heterocycles. The molecule has 0 spiro atoms. The number of nitrogens with zero attached hydrogens (tertiary/aromatic N) is 1. The third kappa shape index (κ3) is 5.00. The maximum absolute atomic E-state index is 11.8. The highest BCUT2D eigenvalue weighted by Gasteiger charge is 2.18. The number of carbonyl (C=O) groups is 1. The molecular formula is C17H26N2O3. The number of hydrogen-bond donors (Lipinski definition) is 1. The molecule has 5 heteroatoms. The number of benzene rings is 1. The maximum atomic E-state index is 11.8. The summed E-state index contributed by atoms with van der Waals surface area (Å²) in [6.07, 6.45) is 0.443. The van der Waals surface area contributed by atoms with E-state index in [1.54, 1.807) is 0 Å². The van der Waals surface area contributed by atoms with Crippen LogP contribution in [0.5, 0.6) is 5.75 Å². The lowest BCUT2D eigenvalue weighted by Crippen LogP contribution is -2.46. The minimum Gasteiger partial charge on any atom is -0.493 e. The van der Waals surface area contributed by atoms with E-state index < -0.39 is 0 Å². The van der Waals surface area contributed by atoms with Crippen LogP contribution in [0.15, 0.2) is 18.2 Å². The zero-order valence-corrected chi connectivity index (χ0v) is 13.7. The zero-order chi connectivity index (χ0) is 15.9. The molecule has 1 heterocycles. The normalized spacial score (nSPS) is 19.0. The van der Waals surface area contributed by atoms with Gasteiger partial charge in [-0.15, -0.1) is 0 Å². The molecule has 1 saturated heterocycles. The Labute approximate surface area is 132 Å². The fourth-order valence-corrected chi connectivity index (χ4v) is 2.44. The Hall–Kier alpha value is -1.59. The van der Waals surface area contributed by atoms with E-state index in [-0.39, 0.29) is 12.0 Å². The first-order valence-corrected chi connectivity index (χ1v) is 7.82. The van der Waals surface area contributed by atoms with Crippen molar-refractivity contribution >= 4 is 5.91 Å². The Morgan fingerprint density at radius 3 is 3.05 bits per heavy atom. The average Bonchev–Trinajstić information content (AvgIpc) is 2.49. The van der Waals surface area contributed by atoms with Gasteiger partial charge in [0.25, 0.3) is 0 Å². The summed E-state index contributed by atoms with van der Waals surface area (Å²) in [5.41, 5.74) is 2.32. The van der Waals surface area contributed by atoms with Gasteiger partial charge in [0.05, 0.1) is 25.7 Å². The number of hydrogen-bond acceptors (Lipinski definition) is 4. The Morgan fingerprint density at radius 2 is 2.27 bits per heavy atom. The van der Waals surface area contributed by atoms with E-state index in [2.05, 4.69) is 30.3 Å². The summed E-state index contributed by atoms with van der Waals surface area (Å²) in [7, 11) is 2.06. The van der Waals surface area contributed by atoms with Gasteiger partial charge in [-0.3, -0.25) is 4.79 Å². The lowest BCUT2D eigenvalue weighted by atomic mass is 10.1. The van der Waals surface area contributed by atoms with Crippen molar-refractivity contribution in [3.05, 3.63) is 29.3 Å². The van der Waals surface area contributed by atoms with Gasteiger partial charge in [0.2, 0.25) is 5.91 Å². The van der Waals surface area contributed by atoms with Crippen molar-refractivity contribution in [3.63, 3.8) is 0 Å². The fourth-order valence-electron chi connectivity index (χ4n) is 2.44. The molecule has 1 aromatic carbocycles. The molecule has 1 amide bonds. The monoisotopic (exact) mass is 306 g/mol. The molecule has 0 unspecified atom stereocenters. The van der Waals surface area contributed by atoms with Crippen molar-refractivity contribution in [2.45, 2.75) is 26.4 Å². The maximum Gasteiger partial charge on any atom is 0.223 e. The van der Waals surface area contributed by atoms with E-state index in [9.17, 15) is 4.79 Å². The van der Waals surface area contributed by atoms with E-state index in [0.717, 1.165) is 31.0 Å². The zero-order valence-electron chi connectivity index (χ0n) is 13.7. The fraction of sp³-hybridized carbons (Fsp3) is 0.588. The molecule has 1 aromatic rings. The predicted molar refractivity (Wildman–Crippen MR) is 86.3 cm³/mol. The molecule has 1 aliphatic heterocycles. The molecule has 0 radical (unpaired) electrons. The Kier molecular flexibility index (Phi) is 6.21. The van der Waals surface area contributed by atoms with E-state index >= 15 is 0 Å². The van der Waals surface area contributed by atoms with Gasteiger partial charge in [0.15, 0.2) is 0 Å². The molecule has 122 valence electrons. The van der Waals surface area contributed by atoms with Crippen molar-refractivity contribution in [2.24, 2.45) is 0 Å². The minimum atomic E-state index is 0.00197. The third-order valence-electron chi connectivity index (χ3n) is 4.01. The lowest BCUT2D eigenvalue weighted by Gasteiger charge is -2.30. The second-order valence-electron chi connectivity index (χ2n) is 5.86. The van der Waals surface area contributed by atoms with E-state index in [4.69, 9.17) is 9.47 Å². The van der Waals surface area contributed by atoms with Gasteiger partial charge in [-0.05, 0) is 38.1 Å². The van der Waals surface area contributed by atoms with Crippen molar-refractivity contribution in [2.75, 3.05) is 39.9 Å². The van der Waals surface area contributed by atoms with E-state index in [1.807, 2.05) is 19.1 Å². The molecule has 0 bridgehead atoms. The lowest BCUT2D eigenvalue weighted by molar-refractivity contribution is -0.122. The molecule has 0 saturated carbocycles. The number of likely N-dealkylation sites (N-methyl/N-ethyl adjacent to an activating group) is 1. The van der Waals surface area contributed by atoms with Gasteiger partial charge in [0.1, 0.15) is 5.75 Å². The number of rotatable bonds is 6. The minimum absolute atomic E-state index is 0.00197. The van der Waals surface area contributed by atoms with Crippen LogP contribution in [-0.4, -0.2) is 56.8 Å². The van der Waals surface area contributed by atoms with Crippen molar-refractivity contribution in [3.8, 4) is 5.75 Å². The van der Waals surface area contributed by atoms with Crippen LogP contribution in [-0.2, 0) is 9.53 Å². The van der Waals surface area contributed by atoms with Crippen molar-refractivity contribution in [1.29, 1.82) is 0 Å². The van der Waals surface area contributed by atoms with Crippen LogP contribution in [0.1, 0.15) is 17.5 Å². The summed E-state index contributed by atoms with van der Waals surface area (Å²) < 4.78 is 11.3. The molecule has 1 N–H and O–H groups in total. The van der Waals surface area contributed by atoms with Crippen molar-refractivity contribution < 1.29 is 14.3 Å². The first kappa shape index (κ1) is 16.8. The standard InChI is InChI=1S/C17H26N2O3/c1-13-5-4-6-16(14(13)2)22-9-7-17(20)18-11-15-12-19(3)8-10-21-15/h4-6,15H,7-12H2,1-3H3,(H,18,20)/t15-/m1/s1. The van der Waals surface area contributed by atoms with Crippen LogP contribution < -0.4 is 10.1 Å². The summed E-state index contributed by atoms with van der Waals surface area (Å²) in [6.45, 7) is 7.58. The Bertz CT molecular complexity index is 505. The summed E-state index contributed by atoms with van der Waals surface area (Å²) in [6, 6.07) is 5.96. The van der Waals surface area contributed by atoms with Crippen LogP contribution in [0.3, 0.4) is 0 Å². The molecule has 22 heavy (non-hydrogen) atoms. The molecule has 0 aliphatic carbocycles. The summed E-state index contributed by atoms with van der Waals surface area (Å²) in [4.78, 5) is 14.1. The van der Waals surface area contributed by atoms with Gasteiger partial charge in [0, 0.05) is 19.6 Å². The highest BCUT2D eigenvalue weighted by molar-refractivity contribution is 5.76. The number of amides is 1. The highest BCUT2D eigenvalue weighted by atomic mass is 16.5. The Morgan fingerprint density at radius 1 is 1.45 bits per heavy atom. The predicted octanol–water partition coefficient (Wildman–Crippen LogP) is 1.52. The smallest absolute Gasteiger partial charge is 0.223 e. The molecule has 1 atom stereocenters. The molecule has 5 nitrogen and oxygen atoms in total. The molecule has 1 aliphatic rings. The van der Waals surface area contributed by atoms with Gasteiger partial charge in [-0.1, -0.05) is 12.1 Å². The summed E-state index contributed by atoms with van der Waals surface area (Å²) in [5, 5.41) is 2.91. The summed E-state index contributed by atoms with van der Waals surface area (Å²) >= 11 is 0. The van der Waals surface area contributed by atoms with Crippen molar-refractivity contribution in [1.82, 2.24) is 10.2 Å². The number of ether oxygens (including phenoxy) is 2. The van der Waals surface area contributed by atoms with E-state index in [0.29, 0.717) is 19.6 Å². The van der Waals surface area contributed by atoms with Crippen LogP contribution >= 0.6 is 0 Å². The van der Waals surface area contributed by atoms with Crippen LogP contribution in [0.4, 0.5) is 0 Å². The molecule has 1 fully saturated rings. The van der Waals surface area contributed by atoms with Crippen LogP contribution in [0, 0.1) is 13.8 Å². The topological polar surface area (TPSA) is 50.8 Å². The number of carbonyl (C=O) groups excluding carboxylic acids is 1. The highest BCUT2D eigenvalue weighted by Crippen LogP contribution is 2.20. The third-order valence-corrected chi connectivity index (χ3v) is 4.01. The molecular weight excluding hydrogens is 280 g/mol. The average molecular weight is 306 g/mol. The van der Waals surface area contributed by atoms with Gasteiger partial charge < -0.3 is 19.7 Å². The molecule has 2 rings (SSSR count). The van der Waals surface area contributed by atoms with Gasteiger partial charge in [-0.25, -0.2) is 0 Å². The number of aryl methyl sites for hydroxylation is 1.